The molecule has 0 amide bonds. The molecule has 2 aliphatic carbocycles. The molecule has 2 saturated carbocycles. The Morgan fingerprint density at radius 3 is 2.79 bits per heavy atom. The molecule has 2 nitrogen and oxygen atoms in total. The molecule has 1 aromatic heterocycles. The van der Waals surface area contributed by atoms with Crippen molar-refractivity contribution in [2.24, 2.45) is 11.3 Å². The minimum Gasteiger partial charge on any atom is -0.326 e. The van der Waals surface area contributed by atoms with Crippen LogP contribution < -0.4 is 0 Å². The van der Waals surface area contributed by atoms with Crippen molar-refractivity contribution in [2.75, 3.05) is 0 Å². The van der Waals surface area contributed by atoms with E-state index < -0.39 is 0 Å². The van der Waals surface area contributed by atoms with E-state index in [0.717, 1.165) is 23.8 Å². The van der Waals surface area contributed by atoms with E-state index in [-0.39, 0.29) is 5.82 Å². The van der Waals surface area contributed by atoms with Crippen molar-refractivity contribution >= 4 is 22.6 Å². The maximum atomic E-state index is 13.8. The van der Waals surface area contributed by atoms with Gasteiger partial charge in [0.25, 0.3) is 0 Å². The normalized spacial score (nSPS) is 20.9. The van der Waals surface area contributed by atoms with Crippen LogP contribution in [0.15, 0.2) is 18.2 Å². The van der Waals surface area contributed by atoms with E-state index in [9.17, 15) is 4.39 Å². The molecule has 19 heavy (non-hydrogen) atoms. The maximum absolute atomic E-state index is 13.8. The highest BCUT2D eigenvalue weighted by atomic mass is 35.5. The fourth-order valence-electron chi connectivity index (χ4n) is 3.31. The molecular formula is C15H16ClFN2. The first-order chi connectivity index (χ1) is 9.23. The van der Waals surface area contributed by atoms with Crippen LogP contribution in [-0.4, -0.2) is 9.55 Å². The second kappa shape index (κ2) is 3.95. The number of aromatic nitrogens is 2. The lowest BCUT2D eigenvalue weighted by Gasteiger charge is -2.17. The third-order valence-electron chi connectivity index (χ3n) is 4.74. The zero-order valence-electron chi connectivity index (χ0n) is 10.7. The van der Waals surface area contributed by atoms with Gasteiger partial charge in [-0.15, -0.1) is 11.6 Å². The second-order valence-electron chi connectivity index (χ2n) is 5.99. The van der Waals surface area contributed by atoms with Gasteiger partial charge in [0, 0.05) is 6.54 Å². The highest BCUT2D eigenvalue weighted by Gasteiger charge is 2.54. The van der Waals surface area contributed by atoms with Crippen LogP contribution in [0.4, 0.5) is 4.39 Å². The van der Waals surface area contributed by atoms with Crippen LogP contribution in [0.25, 0.3) is 11.0 Å². The number of hydrogen-bond donors (Lipinski definition) is 0. The molecule has 1 heterocycles. The molecule has 0 saturated heterocycles. The largest absolute Gasteiger partial charge is 0.326 e. The summed E-state index contributed by atoms with van der Waals surface area (Å²) in [6, 6.07) is 5.17. The molecule has 0 radical (unpaired) electrons. The van der Waals surface area contributed by atoms with Gasteiger partial charge in [0.1, 0.15) is 11.3 Å². The highest BCUT2D eigenvalue weighted by Crippen LogP contribution is 2.62. The van der Waals surface area contributed by atoms with Crippen molar-refractivity contribution in [1.29, 1.82) is 0 Å². The third kappa shape index (κ3) is 1.78. The van der Waals surface area contributed by atoms with Crippen molar-refractivity contribution < 1.29 is 4.39 Å². The van der Waals surface area contributed by atoms with Gasteiger partial charge in [-0.3, -0.25) is 0 Å². The van der Waals surface area contributed by atoms with Crippen LogP contribution in [0.5, 0.6) is 0 Å². The first-order valence-electron chi connectivity index (χ1n) is 6.93. The topological polar surface area (TPSA) is 17.8 Å². The van der Waals surface area contributed by atoms with Crippen LogP contribution in [0.3, 0.4) is 0 Å². The van der Waals surface area contributed by atoms with Crippen LogP contribution in [-0.2, 0) is 12.4 Å². The van der Waals surface area contributed by atoms with Crippen LogP contribution in [0, 0.1) is 17.2 Å². The molecule has 0 atom stereocenters. The van der Waals surface area contributed by atoms with E-state index >= 15 is 0 Å². The van der Waals surface area contributed by atoms with Crippen molar-refractivity contribution in [2.45, 2.75) is 38.1 Å². The lowest BCUT2D eigenvalue weighted by atomic mass is 10.0. The Kier molecular flexibility index (Phi) is 2.44. The fourth-order valence-corrected chi connectivity index (χ4v) is 3.51. The van der Waals surface area contributed by atoms with Gasteiger partial charge < -0.3 is 4.57 Å². The summed E-state index contributed by atoms with van der Waals surface area (Å²) >= 11 is 5.99. The van der Waals surface area contributed by atoms with E-state index in [2.05, 4.69) is 9.55 Å². The smallest absolute Gasteiger partial charge is 0.151 e. The van der Waals surface area contributed by atoms with Gasteiger partial charge in [-0.2, -0.15) is 0 Å². The summed E-state index contributed by atoms with van der Waals surface area (Å²) in [5.74, 6) is 1.77. The molecule has 4 heteroatoms. The van der Waals surface area contributed by atoms with Crippen molar-refractivity contribution in [1.82, 2.24) is 9.55 Å². The van der Waals surface area contributed by atoms with Crippen LogP contribution in [0.1, 0.15) is 31.5 Å². The van der Waals surface area contributed by atoms with Crippen LogP contribution >= 0.6 is 11.6 Å². The number of imidazole rings is 1. The average Bonchev–Trinajstić information content (AvgIpc) is 3.28. The van der Waals surface area contributed by atoms with Crippen molar-refractivity contribution in [3.05, 3.63) is 29.8 Å². The number of alkyl halides is 1. The lowest BCUT2D eigenvalue weighted by Crippen LogP contribution is -2.15. The van der Waals surface area contributed by atoms with E-state index in [0.29, 0.717) is 16.8 Å². The second-order valence-corrected chi connectivity index (χ2v) is 6.26. The number of nitrogens with zero attached hydrogens (tertiary/aromatic N) is 2. The minimum absolute atomic E-state index is 0.251. The summed E-state index contributed by atoms with van der Waals surface area (Å²) in [6.45, 7) is 0.958. The molecule has 1 aromatic carbocycles. The summed E-state index contributed by atoms with van der Waals surface area (Å²) in [4.78, 5) is 4.38. The molecule has 4 rings (SSSR count). The maximum Gasteiger partial charge on any atom is 0.151 e. The van der Waals surface area contributed by atoms with Gasteiger partial charge in [0.15, 0.2) is 5.82 Å². The lowest BCUT2D eigenvalue weighted by molar-refractivity contribution is 0.371. The predicted molar refractivity (Wildman–Crippen MR) is 73.6 cm³/mol. The molecular weight excluding hydrogens is 263 g/mol. The molecule has 2 fully saturated rings. The van der Waals surface area contributed by atoms with E-state index in [4.69, 9.17) is 11.6 Å². The van der Waals surface area contributed by atoms with Gasteiger partial charge in [-0.25, -0.2) is 9.37 Å². The molecule has 0 spiro atoms. The van der Waals surface area contributed by atoms with E-state index in [1.54, 1.807) is 6.07 Å². The Labute approximate surface area is 116 Å². The number of rotatable bonds is 4. The van der Waals surface area contributed by atoms with Crippen molar-refractivity contribution in [3.8, 4) is 0 Å². The van der Waals surface area contributed by atoms with Gasteiger partial charge in [0.05, 0.1) is 11.4 Å². The third-order valence-corrected chi connectivity index (χ3v) is 4.98. The number of para-hydroxylation sites is 1. The standard InChI is InChI=1S/C15H16ClFN2/c16-8-13-18-14-11(17)2-1-3-12(14)19(13)9-15(6-7-15)10-4-5-10/h1-3,10H,4-9H2. The van der Waals surface area contributed by atoms with E-state index in [1.807, 2.05) is 6.07 Å². The fraction of sp³-hybridized carbons (Fsp3) is 0.533. The van der Waals surface area contributed by atoms with Crippen molar-refractivity contribution in [3.63, 3.8) is 0 Å². The van der Waals surface area contributed by atoms with Gasteiger partial charge in [-0.1, -0.05) is 6.07 Å². The SMILES string of the molecule is Fc1cccc2c1nc(CCl)n2CC1(C2CC2)CC1. The number of hydrogen-bond acceptors (Lipinski definition) is 1. The summed E-state index contributed by atoms with van der Waals surface area (Å²) in [6.07, 6.45) is 5.32. The number of halogens is 2. The Bertz CT molecular complexity index is 641. The molecule has 0 N–H and O–H groups in total. The molecule has 0 aliphatic heterocycles. The Balaban J connectivity index is 1.81. The summed E-state index contributed by atoms with van der Waals surface area (Å²) in [5.41, 5.74) is 1.81. The molecule has 2 aliphatic rings. The van der Waals surface area contributed by atoms with Gasteiger partial charge in [0.2, 0.25) is 0 Å². The van der Waals surface area contributed by atoms with Gasteiger partial charge in [-0.05, 0) is 49.1 Å². The summed E-state index contributed by atoms with van der Waals surface area (Å²) in [7, 11) is 0. The molecule has 0 unspecified atom stereocenters. The Morgan fingerprint density at radius 1 is 1.37 bits per heavy atom. The van der Waals surface area contributed by atoms with E-state index in [1.165, 1.54) is 31.7 Å². The minimum atomic E-state index is -0.251. The molecule has 2 aromatic rings. The Hall–Kier alpha value is -1.09. The zero-order valence-corrected chi connectivity index (χ0v) is 11.5. The molecule has 0 bridgehead atoms. The predicted octanol–water partition coefficient (Wildman–Crippen LogP) is 4.10. The number of benzene rings is 1. The quantitative estimate of drug-likeness (QED) is 0.770. The zero-order chi connectivity index (χ0) is 13.0. The monoisotopic (exact) mass is 278 g/mol. The summed E-state index contributed by atoms with van der Waals surface area (Å²) < 4.78 is 16.0. The first-order valence-corrected chi connectivity index (χ1v) is 7.46. The number of fused-ring (bicyclic) bond motifs is 1. The summed E-state index contributed by atoms with van der Waals surface area (Å²) in [5, 5.41) is 0. The first kappa shape index (κ1) is 11.7. The highest BCUT2D eigenvalue weighted by molar-refractivity contribution is 6.16. The Morgan fingerprint density at radius 2 is 2.16 bits per heavy atom. The van der Waals surface area contributed by atoms with Gasteiger partial charge >= 0.3 is 0 Å². The van der Waals surface area contributed by atoms with Crippen LogP contribution in [0.2, 0.25) is 0 Å². The average molecular weight is 279 g/mol. The molecule has 100 valence electrons.